The van der Waals surface area contributed by atoms with Gasteiger partial charge in [-0.2, -0.15) is 0 Å². The van der Waals surface area contributed by atoms with Gasteiger partial charge in [0.15, 0.2) is 0 Å². The summed E-state index contributed by atoms with van der Waals surface area (Å²) in [6, 6.07) is 4.18. The quantitative estimate of drug-likeness (QED) is 0.829. The highest BCUT2D eigenvalue weighted by Crippen LogP contribution is 2.22. The molecular formula is C15H24N4O. The van der Waals surface area contributed by atoms with Gasteiger partial charge in [-0.05, 0) is 33.2 Å². The van der Waals surface area contributed by atoms with Gasteiger partial charge in [0, 0.05) is 45.3 Å². The third kappa shape index (κ3) is 3.48. The molecule has 1 aliphatic heterocycles. The van der Waals surface area contributed by atoms with E-state index in [2.05, 4.69) is 20.9 Å². The maximum atomic E-state index is 11.8. The lowest BCUT2D eigenvalue weighted by Crippen LogP contribution is -2.31. The molecule has 20 heavy (non-hydrogen) atoms. The van der Waals surface area contributed by atoms with Gasteiger partial charge in [0.2, 0.25) is 5.91 Å². The van der Waals surface area contributed by atoms with E-state index in [0.29, 0.717) is 6.42 Å². The van der Waals surface area contributed by atoms with Crippen molar-refractivity contribution in [3.05, 3.63) is 23.5 Å². The van der Waals surface area contributed by atoms with E-state index in [0.717, 1.165) is 43.3 Å². The summed E-state index contributed by atoms with van der Waals surface area (Å²) in [6.07, 6.45) is 0.575. The molecule has 0 aromatic carbocycles. The maximum Gasteiger partial charge on any atom is 0.224 e. The molecule has 5 nitrogen and oxygen atoms in total. The topological polar surface area (TPSA) is 39.7 Å². The van der Waals surface area contributed by atoms with Crippen molar-refractivity contribution in [3.8, 4) is 0 Å². The summed E-state index contributed by atoms with van der Waals surface area (Å²) in [5, 5.41) is 0. The lowest BCUT2D eigenvalue weighted by molar-refractivity contribution is -0.129. The Hall–Kier alpha value is -1.62. The number of hydrogen-bond acceptors (Lipinski definition) is 4. The second-order valence-electron chi connectivity index (χ2n) is 5.71. The van der Waals surface area contributed by atoms with E-state index < -0.39 is 0 Å². The van der Waals surface area contributed by atoms with Gasteiger partial charge in [-0.3, -0.25) is 9.78 Å². The van der Waals surface area contributed by atoms with Crippen molar-refractivity contribution in [2.75, 3.05) is 45.7 Å². The summed E-state index contributed by atoms with van der Waals surface area (Å²) in [5.41, 5.74) is 3.29. The molecule has 2 heterocycles. The average molecular weight is 276 g/mol. The predicted molar refractivity (Wildman–Crippen MR) is 80.8 cm³/mol. The SMILES string of the molecule is Cc1ccc(N2CCC(=O)N(C)CC2)c(CN(C)C)n1. The van der Waals surface area contributed by atoms with Crippen molar-refractivity contribution in [3.63, 3.8) is 0 Å². The number of aromatic nitrogens is 1. The molecule has 0 spiro atoms. The molecule has 1 aromatic rings. The van der Waals surface area contributed by atoms with Gasteiger partial charge in [0.25, 0.3) is 0 Å². The van der Waals surface area contributed by atoms with Crippen LogP contribution in [0.4, 0.5) is 5.69 Å². The third-order valence-corrected chi connectivity index (χ3v) is 3.62. The van der Waals surface area contributed by atoms with Gasteiger partial charge < -0.3 is 14.7 Å². The third-order valence-electron chi connectivity index (χ3n) is 3.62. The zero-order chi connectivity index (χ0) is 14.7. The van der Waals surface area contributed by atoms with Crippen molar-refractivity contribution >= 4 is 11.6 Å². The number of likely N-dealkylation sites (N-methyl/N-ethyl adjacent to an activating group) is 1. The Morgan fingerprint density at radius 1 is 1.25 bits per heavy atom. The van der Waals surface area contributed by atoms with Crippen LogP contribution in [0.25, 0.3) is 0 Å². The first-order chi connectivity index (χ1) is 9.47. The molecule has 0 radical (unpaired) electrons. The number of rotatable bonds is 3. The molecule has 0 N–H and O–H groups in total. The van der Waals surface area contributed by atoms with Crippen molar-refractivity contribution < 1.29 is 4.79 Å². The zero-order valence-electron chi connectivity index (χ0n) is 12.9. The summed E-state index contributed by atoms with van der Waals surface area (Å²) >= 11 is 0. The lowest BCUT2D eigenvalue weighted by Gasteiger charge is -2.26. The van der Waals surface area contributed by atoms with Crippen LogP contribution in [0.1, 0.15) is 17.8 Å². The van der Waals surface area contributed by atoms with Crippen molar-refractivity contribution in [2.45, 2.75) is 19.9 Å². The second kappa shape index (κ2) is 6.22. The molecule has 0 saturated carbocycles. The Bertz CT molecular complexity index is 487. The summed E-state index contributed by atoms with van der Waals surface area (Å²) in [5.74, 6) is 0.224. The molecule has 1 fully saturated rings. The molecule has 1 aliphatic rings. The Labute approximate surface area is 121 Å². The fourth-order valence-electron chi connectivity index (χ4n) is 2.48. The number of carbonyl (C=O) groups excluding carboxylic acids is 1. The summed E-state index contributed by atoms with van der Waals surface area (Å²) in [7, 11) is 5.97. The number of aryl methyl sites for hydroxylation is 1. The van der Waals surface area contributed by atoms with Crippen molar-refractivity contribution in [1.82, 2.24) is 14.8 Å². The molecule has 0 bridgehead atoms. The molecule has 0 aliphatic carbocycles. The smallest absolute Gasteiger partial charge is 0.224 e. The highest BCUT2D eigenvalue weighted by Gasteiger charge is 2.20. The molecular weight excluding hydrogens is 252 g/mol. The van der Waals surface area contributed by atoms with Gasteiger partial charge in [-0.25, -0.2) is 0 Å². The van der Waals surface area contributed by atoms with E-state index in [9.17, 15) is 4.79 Å². The molecule has 110 valence electrons. The van der Waals surface area contributed by atoms with Gasteiger partial charge in [0.1, 0.15) is 0 Å². The summed E-state index contributed by atoms with van der Waals surface area (Å²) in [4.78, 5) is 22.7. The lowest BCUT2D eigenvalue weighted by atomic mass is 10.2. The van der Waals surface area contributed by atoms with Gasteiger partial charge >= 0.3 is 0 Å². The van der Waals surface area contributed by atoms with Crippen LogP contribution in [-0.2, 0) is 11.3 Å². The molecule has 1 saturated heterocycles. The first-order valence-corrected chi connectivity index (χ1v) is 7.07. The average Bonchev–Trinajstić information content (AvgIpc) is 2.53. The standard InChI is InChI=1S/C15H24N4O/c1-12-5-6-14(13(16-12)11-17(2)3)19-8-7-15(20)18(4)9-10-19/h5-6H,7-11H2,1-4H3. The monoisotopic (exact) mass is 276 g/mol. The highest BCUT2D eigenvalue weighted by atomic mass is 16.2. The van der Waals surface area contributed by atoms with Crippen LogP contribution in [0.3, 0.4) is 0 Å². The molecule has 0 atom stereocenters. The van der Waals surface area contributed by atoms with E-state index in [1.165, 1.54) is 0 Å². The Balaban J connectivity index is 2.24. The van der Waals surface area contributed by atoms with Gasteiger partial charge in [-0.15, -0.1) is 0 Å². The maximum absolute atomic E-state index is 11.8. The minimum atomic E-state index is 0.224. The van der Waals surface area contributed by atoms with Crippen LogP contribution in [0, 0.1) is 6.92 Å². The van der Waals surface area contributed by atoms with Crippen molar-refractivity contribution in [2.24, 2.45) is 0 Å². The first kappa shape index (κ1) is 14.8. The van der Waals surface area contributed by atoms with Gasteiger partial charge in [-0.1, -0.05) is 0 Å². The first-order valence-electron chi connectivity index (χ1n) is 7.07. The number of carbonyl (C=O) groups is 1. The molecule has 0 unspecified atom stereocenters. The Kier molecular flexibility index (Phi) is 4.60. The van der Waals surface area contributed by atoms with E-state index in [1.54, 1.807) is 0 Å². The Morgan fingerprint density at radius 2 is 2.00 bits per heavy atom. The molecule has 1 aromatic heterocycles. The number of nitrogens with zero attached hydrogens (tertiary/aromatic N) is 4. The highest BCUT2D eigenvalue weighted by molar-refractivity contribution is 5.77. The fourth-order valence-corrected chi connectivity index (χ4v) is 2.48. The minimum absolute atomic E-state index is 0.224. The summed E-state index contributed by atoms with van der Waals surface area (Å²) < 4.78 is 0. The predicted octanol–water partition coefficient (Wildman–Crippen LogP) is 1.12. The van der Waals surface area contributed by atoms with Crippen LogP contribution in [0.5, 0.6) is 0 Å². The molecule has 1 amide bonds. The van der Waals surface area contributed by atoms with Crippen LogP contribution in [0.2, 0.25) is 0 Å². The number of anilines is 1. The minimum Gasteiger partial charge on any atom is -0.368 e. The second-order valence-corrected chi connectivity index (χ2v) is 5.71. The summed E-state index contributed by atoms with van der Waals surface area (Å²) in [6.45, 7) is 5.25. The van der Waals surface area contributed by atoms with E-state index in [-0.39, 0.29) is 5.91 Å². The Morgan fingerprint density at radius 3 is 2.70 bits per heavy atom. The number of hydrogen-bond donors (Lipinski definition) is 0. The van der Waals surface area contributed by atoms with Crippen molar-refractivity contribution in [1.29, 1.82) is 0 Å². The number of pyridine rings is 1. The fraction of sp³-hybridized carbons (Fsp3) is 0.600. The van der Waals surface area contributed by atoms with E-state index >= 15 is 0 Å². The van der Waals surface area contributed by atoms with Gasteiger partial charge in [0.05, 0.1) is 11.4 Å². The molecule has 2 rings (SSSR count). The zero-order valence-corrected chi connectivity index (χ0v) is 12.9. The largest absolute Gasteiger partial charge is 0.368 e. The van der Waals surface area contributed by atoms with E-state index in [1.807, 2.05) is 39.0 Å². The van der Waals surface area contributed by atoms with Crippen LogP contribution >= 0.6 is 0 Å². The van der Waals surface area contributed by atoms with Crippen LogP contribution in [-0.4, -0.2) is 61.5 Å². The van der Waals surface area contributed by atoms with Crippen LogP contribution < -0.4 is 4.90 Å². The molecule has 5 heteroatoms. The van der Waals surface area contributed by atoms with Crippen LogP contribution in [0.15, 0.2) is 12.1 Å². The normalized spacial score (nSPS) is 16.8. The van der Waals surface area contributed by atoms with E-state index in [4.69, 9.17) is 0 Å². The number of amides is 1.